The van der Waals surface area contributed by atoms with Crippen LogP contribution in [0.1, 0.15) is 22.8 Å². The van der Waals surface area contributed by atoms with E-state index in [2.05, 4.69) is 0 Å². The van der Waals surface area contributed by atoms with E-state index in [0.717, 1.165) is 16.0 Å². The van der Waals surface area contributed by atoms with E-state index in [-0.39, 0.29) is 11.8 Å². The van der Waals surface area contributed by atoms with Gasteiger partial charge in [-0.2, -0.15) is 0 Å². The van der Waals surface area contributed by atoms with Gasteiger partial charge in [0, 0.05) is 10.3 Å². The van der Waals surface area contributed by atoms with Crippen LogP contribution in [0, 0.1) is 12.7 Å². The molecule has 4 heteroatoms. The van der Waals surface area contributed by atoms with E-state index < -0.39 is 0 Å². The molecule has 94 valence electrons. The second-order valence-electron chi connectivity index (χ2n) is 3.83. The van der Waals surface area contributed by atoms with Gasteiger partial charge in [-0.15, -0.1) is 11.3 Å². The monoisotopic (exact) mass is 264 g/mol. The number of halogens is 1. The molecule has 0 fully saturated rings. The Bertz CT molecular complexity index is 575. The third kappa shape index (κ3) is 2.43. The first-order chi connectivity index (χ1) is 8.63. The minimum Gasteiger partial charge on any atom is -0.462 e. The standard InChI is InChI=1S/C14H13FO2S/c1-3-17-14(16)12-8-18-13(9(12)2)10-5-4-6-11(15)7-10/h4-8H,3H2,1-2H3. The number of benzene rings is 1. The third-order valence-corrected chi connectivity index (χ3v) is 3.75. The van der Waals surface area contributed by atoms with Gasteiger partial charge in [0.2, 0.25) is 0 Å². The predicted molar refractivity (Wildman–Crippen MR) is 70.4 cm³/mol. The lowest BCUT2D eigenvalue weighted by Gasteiger charge is -2.03. The minimum atomic E-state index is -0.325. The molecule has 0 aliphatic rings. The molecule has 0 atom stereocenters. The first kappa shape index (κ1) is 12.8. The molecule has 0 unspecified atom stereocenters. The first-order valence-electron chi connectivity index (χ1n) is 5.64. The zero-order valence-electron chi connectivity index (χ0n) is 10.2. The van der Waals surface area contributed by atoms with Crippen LogP contribution in [0.2, 0.25) is 0 Å². The van der Waals surface area contributed by atoms with Crippen LogP contribution in [0.15, 0.2) is 29.6 Å². The van der Waals surface area contributed by atoms with Crippen molar-refractivity contribution < 1.29 is 13.9 Å². The molecule has 2 aromatic rings. The molecule has 0 amide bonds. The van der Waals surface area contributed by atoms with Crippen molar-refractivity contribution >= 4 is 17.3 Å². The summed E-state index contributed by atoms with van der Waals surface area (Å²) in [6.45, 7) is 3.97. The highest BCUT2D eigenvalue weighted by atomic mass is 32.1. The molecule has 0 saturated carbocycles. The molecular formula is C14H13FO2S. The molecule has 0 bridgehead atoms. The molecule has 2 rings (SSSR count). The molecule has 0 spiro atoms. The Morgan fingerprint density at radius 1 is 1.44 bits per heavy atom. The topological polar surface area (TPSA) is 26.3 Å². The summed E-state index contributed by atoms with van der Waals surface area (Å²) in [4.78, 5) is 12.6. The maximum atomic E-state index is 13.2. The molecule has 0 saturated heterocycles. The van der Waals surface area contributed by atoms with E-state index in [4.69, 9.17) is 4.74 Å². The Kier molecular flexibility index (Phi) is 3.77. The van der Waals surface area contributed by atoms with Gasteiger partial charge in [0.15, 0.2) is 0 Å². The lowest BCUT2D eigenvalue weighted by Crippen LogP contribution is -2.04. The third-order valence-electron chi connectivity index (χ3n) is 2.62. The molecule has 18 heavy (non-hydrogen) atoms. The van der Waals surface area contributed by atoms with Crippen molar-refractivity contribution in [1.82, 2.24) is 0 Å². The van der Waals surface area contributed by atoms with E-state index in [1.165, 1.54) is 23.5 Å². The van der Waals surface area contributed by atoms with E-state index >= 15 is 0 Å². The average molecular weight is 264 g/mol. The number of esters is 1. The number of rotatable bonds is 3. The Morgan fingerprint density at radius 2 is 2.22 bits per heavy atom. The Morgan fingerprint density at radius 3 is 2.89 bits per heavy atom. The summed E-state index contributed by atoms with van der Waals surface area (Å²) in [5, 5.41) is 1.76. The van der Waals surface area contributed by atoms with Crippen molar-refractivity contribution in [2.45, 2.75) is 13.8 Å². The van der Waals surface area contributed by atoms with Gasteiger partial charge in [-0.3, -0.25) is 0 Å². The Balaban J connectivity index is 2.39. The van der Waals surface area contributed by atoms with Crippen LogP contribution in [0.4, 0.5) is 4.39 Å². The zero-order valence-corrected chi connectivity index (χ0v) is 11.0. The van der Waals surface area contributed by atoms with Crippen LogP contribution in [-0.4, -0.2) is 12.6 Å². The largest absolute Gasteiger partial charge is 0.462 e. The van der Waals surface area contributed by atoms with Crippen molar-refractivity contribution in [3.63, 3.8) is 0 Å². The van der Waals surface area contributed by atoms with Crippen LogP contribution in [-0.2, 0) is 4.74 Å². The maximum Gasteiger partial charge on any atom is 0.339 e. The zero-order chi connectivity index (χ0) is 13.1. The van der Waals surface area contributed by atoms with Crippen molar-refractivity contribution in [2.75, 3.05) is 6.61 Å². The van der Waals surface area contributed by atoms with Gasteiger partial charge in [0.1, 0.15) is 5.82 Å². The minimum absolute atomic E-state index is 0.280. The summed E-state index contributed by atoms with van der Waals surface area (Å²) < 4.78 is 18.2. The highest BCUT2D eigenvalue weighted by Gasteiger charge is 2.16. The van der Waals surface area contributed by atoms with Crippen molar-refractivity contribution in [3.8, 4) is 10.4 Å². The molecular weight excluding hydrogens is 251 g/mol. The molecule has 1 aromatic heterocycles. The van der Waals surface area contributed by atoms with Gasteiger partial charge >= 0.3 is 5.97 Å². The van der Waals surface area contributed by atoms with Gasteiger partial charge in [-0.1, -0.05) is 12.1 Å². The van der Waals surface area contributed by atoms with Gasteiger partial charge in [-0.25, -0.2) is 9.18 Å². The highest BCUT2D eigenvalue weighted by molar-refractivity contribution is 7.14. The molecule has 1 heterocycles. The van der Waals surface area contributed by atoms with E-state index in [0.29, 0.717) is 12.2 Å². The summed E-state index contributed by atoms with van der Waals surface area (Å²) in [6, 6.07) is 6.36. The van der Waals surface area contributed by atoms with E-state index in [9.17, 15) is 9.18 Å². The number of hydrogen-bond acceptors (Lipinski definition) is 3. The summed E-state index contributed by atoms with van der Waals surface area (Å²) in [7, 11) is 0. The highest BCUT2D eigenvalue weighted by Crippen LogP contribution is 2.32. The fraction of sp³-hybridized carbons (Fsp3) is 0.214. The molecule has 0 aliphatic carbocycles. The second kappa shape index (κ2) is 5.31. The lowest BCUT2D eigenvalue weighted by atomic mass is 10.1. The normalized spacial score (nSPS) is 10.4. The Hall–Kier alpha value is -1.68. The van der Waals surface area contributed by atoms with Gasteiger partial charge in [0.25, 0.3) is 0 Å². The fourth-order valence-electron chi connectivity index (χ4n) is 1.74. The number of carbonyl (C=O) groups excluding carboxylic acids is 1. The van der Waals surface area contributed by atoms with Gasteiger partial charge in [0.05, 0.1) is 12.2 Å². The van der Waals surface area contributed by atoms with Crippen LogP contribution in [0.5, 0.6) is 0 Å². The average Bonchev–Trinajstić information content (AvgIpc) is 2.71. The van der Waals surface area contributed by atoms with Gasteiger partial charge < -0.3 is 4.74 Å². The maximum absolute atomic E-state index is 13.2. The van der Waals surface area contributed by atoms with Crippen LogP contribution < -0.4 is 0 Å². The van der Waals surface area contributed by atoms with Crippen LogP contribution in [0.3, 0.4) is 0 Å². The smallest absolute Gasteiger partial charge is 0.339 e. The second-order valence-corrected chi connectivity index (χ2v) is 4.71. The number of carbonyl (C=O) groups is 1. The number of ether oxygens (including phenoxy) is 1. The lowest BCUT2D eigenvalue weighted by molar-refractivity contribution is 0.0526. The molecule has 0 aliphatic heterocycles. The van der Waals surface area contributed by atoms with Crippen molar-refractivity contribution in [3.05, 3.63) is 46.6 Å². The fourth-order valence-corrected chi connectivity index (χ4v) is 2.80. The summed E-state index contributed by atoms with van der Waals surface area (Å²) in [6.07, 6.45) is 0. The summed E-state index contributed by atoms with van der Waals surface area (Å²) in [5.74, 6) is -0.605. The van der Waals surface area contributed by atoms with E-state index in [1.807, 2.05) is 13.0 Å². The van der Waals surface area contributed by atoms with Crippen molar-refractivity contribution in [1.29, 1.82) is 0 Å². The van der Waals surface area contributed by atoms with Gasteiger partial charge in [-0.05, 0) is 37.1 Å². The quantitative estimate of drug-likeness (QED) is 0.782. The van der Waals surface area contributed by atoms with E-state index in [1.54, 1.807) is 18.4 Å². The van der Waals surface area contributed by atoms with Crippen LogP contribution >= 0.6 is 11.3 Å². The molecule has 0 radical (unpaired) electrons. The molecule has 0 N–H and O–H groups in total. The number of thiophene rings is 1. The van der Waals surface area contributed by atoms with Crippen molar-refractivity contribution in [2.24, 2.45) is 0 Å². The predicted octanol–water partition coefficient (Wildman–Crippen LogP) is 4.04. The number of hydrogen-bond donors (Lipinski definition) is 0. The molecule has 1 aromatic carbocycles. The SMILES string of the molecule is CCOC(=O)c1csc(-c2cccc(F)c2)c1C. The summed E-state index contributed by atoms with van der Waals surface area (Å²) in [5.41, 5.74) is 2.18. The molecule has 2 nitrogen and oxygen atoms in total. The Labute approximate surface area is 109 Å². The van der Waals surface area contributed by atoms with Crippen LogP contribution in [0.25, 0.3) is 10.4 Å². The summed E-state index contributed by atoms with van der Waals surface area (Å²) >= 11 is 1.42. The first-order valence-corrected chi connectivity index (χ1v) is 6.52.